The number of nitriles is 1. The lowest BCUT2D eigenvalue weighted by atomic mass is 9.95. The molecular weight excluding hydrogens is 428 g/mol. The Bertz CT molecular complexity index is 1060. The summed E-state index contributed by atoms with van der Waals surface area (Å²) in [6.07, 6.45) is 8.99. The maximum Gasteiger partial charge on any atom is 0.240 e. The van der Waals surface area contributed by atoms with Crippen molar-refractivity contribution in [3.8, 4) is 6.07 Å². The first-order valence-electron chi connectivity index (χ1n) is 11.1. The number of hydrogen-bond acceptors (Lipinski definition) is 8. The van der Waals surface area contributed by atoms with Gasteiger partial charge in [0.05, 0.1) is 17.2 Å². The first-order valence-corrected chi connectivity index (χ1v) is 12.5. The smallest absolute Gasteiger partial charge is 0.240 e. The normalized spacial score (nSPS) is 19.4. The molecule has 2 fully saturated rings. The van der Waals surface area contributed by atoms with Crippen molar-refractivity contribution >= 4 is 27.5 Å². The summed E-state index contributed by atoms with van der Waals surface area (Å²) >= 11 is 0. The number of nitrogens with zero attached hydrogens (tertiary/aromatic N) is 3. The minimum absolute atomic E-state index is 0.0596. The molecule has 2 aromatic rings. The van der Waals surface area contributed by atoms with E-state index in [-0.39, 0.29) is 17.5 Å². The Hall–Kier alpha value is -2.74. The number of aromatic nitrogens is 2. The second kappa shape index (κ2) is 10.3. The molecule has 1 atom stereocenters. The minimum atomic E-state index is -3.60. The SMILES string of the molecule is N#Cc1cnc(Nc2ccc(S(=O)(=O)NCC3CCCO3)cc2)nc1NC1CCCCC1. The molecule has 32 heavy (non-hydrogen) atoms. The molecule has 4 rings (SSSR count). The Morgan fingerprint density at radius 1 is 1.09 bits per heavy atom. The van der Waals surface area contributed by atoms with Crippen LogP contribution in [0.3, 0.4) is 0 Å². The molecule has 10 heteroatoms. The summed E-state index contributed by atoms with van der Waals surface area (Å²) in [5.74, 6) is 0.865. The van der Waals surface area contributed by atoms with Crippen molar-refractivity contribution < 1.29 is 13.2 Å². The molecule has 2 aliphatic rings. The fourth-order valence-corrected chi connectivity index (χ4v) is 5.08. The maximum atomic E-state index is 12.5. The molecule has 2 heterocycles. The molecule has 9 nitrogen and oxygen atoms in total. The van der Waals surface area contributed by atoms with E-state index in [1.807, 2.05) is 0 Å². The van der Waals surface area contributed by atoms with E-state index in [2.05, 4.69) is 31.4 Å². The zero-order valence-electron chi connectivity index (χ0n) is 17.9. The summed E-state index contributed by atoms with van der Waals surface area (Å²) in [5.41, 5.74) is 1.05. The lowest BCUT2D eigenvalue weighted by Crippen LogP contribution is -2.31. The quantitative estimate of drug-likeness (QED) is 0.552. The van der Waals surface area contributed by atoms with Crippen LogP contribution in [0.1, 0.15) is 50.5 Å². The third kappa shape index (κ3) is 5.73. The van der Waals surface area contributed by atoms with E-state index < -0.39 is 10.0 Å². The highest BCUT2D eigenvalue weighted by atomic mass is 32.2. The summed E-state index contributed by atoms with van der Waals surface area (Å²) in [7, 11) is -3.60. The molecule has 1 aromatic heterocycles. The van der Waals surface area contributed by atoms with Gasteiger partial charge in [-0.1, -0.05) is 19.3 Å². The highest BCUT2D eigenvalue weighted by Crippen LogP contribution is 2.24. The fraction of sp³-hybridized carbons (Fsp3) is 0.500. The van der Waals surface area contributed by atoms with E-state index in [4.69, 9.17) is 4.74 Å². The summed E-state index contributed by atoms with van der Waals surface area (Å²) in [6.45, 7) is 0.959. The zero-order chi connectivity index (χ0) is 22.4. The second-order valence-electron chi connectivity index (χ2n) is 8.18. The molecule has 1 aliphatic carbocycles. The summed E-state index contributed by atoms with van der Waals surface area (Å²) in [6, 6.07) is 8.84. The highest BCUT2D eigenvalue weighted by molar-refractivity contribution is 7.89. The third-order valence-electron chi connectivity index (χ3n) is 5.80. The molecule has 0 bridgehead atoms. The van der Waals surface area contributed by atoms with E-state index in [9.17, 15) is 13.7 Å². The number of sulfonamides is 1. The number of hydrogen-bond donors (Lipinski definition) is 3. The van der Waals surface area contributed by atoms with Crippen molar-refractivity contribution in [1.82, 2.24) is 14.7 Å². The molecule has 1 unspecified atom stereocenters. The van der Waals surface area contributed by atoms with Gasteiger partial charge in [-0.15, -0.1) is 0 Å². The van der Waals surface area contributed by atoms with Crippen molar-refractivity contribution in [2.75, 3.05) is 23.8 Å². The van der Waals surface area contributed by atoms with Gasteiger partial charge in [-0.3, -0.25) is 0 Å². The number of rotatable bonds is 8. The average Bonchev–Trinajstić information content (AvgIpc) is 3.33. The van der Waals surface area contributed by atoms with Crippen LogP contribution in [0.2, 0.25) is 0 Å². The number of ether oxygens (including phenoxy) is 1. The van der Waals surface area contributed by atoms with Crippen molar-refractivity contribution in [2.45, 2.75) is 62.0 Å². The van der Waals surface area contributed by atoms with Crippen LogP contribution < -0.4 is 15.4 Å². The highest BCUT2D eigenvalue weighted by Gasteiger charge is 2.20. The number of anilines is 3. The molecule has 1 aromatic carbocycles. The largest absolute Gasteiger partial charge is 0.377 e. The summed E-state index contributed by atoms with van der Waals surface area (Å²) < 4.78 is 33.1. The fourth-order valence-electron chi connectivity index (χ4n) is 4.01. The van der Waals surface area contributed by atoms with Gasteiger partial charge in [-0.05, 0) is 49.9 Å². The summed E-state index contributed by atoms with van der Waals surface area (Å²) in [5, 5.41) is 15.8. The first kappa shape index (κ1) is 22.5. The van der Waals surface area contributed by atoms with Gasteiger partial charge in [0.25, 0.3) is 0 Å². The Morgan fingerprint density at radius 2 is 1.88 bits per heavy atom. The van der Waals surface area contributed by atoms with Crippen LogP contribution in [-0.2, 0) is 14.8 Å². The molecule has 0 amide bonds. The Balaban J connectivity index is 1.41. The molecule has 1 aliphatic heterocycles. The lowest BCUT2D eigenvalue weighted by Gasteiger charge is -2.23. The van der Waals surface area contributed by atoms with E-state index in [1.54, 1.807) is 12.1 Å². The minimum Gasteiger partial charge on any atom is -0.377 e. The molecule has 0 spiro atoms. The first-order chi connectivity index (χ1) is 15.5. The maximum absolute atomic E-state index is 12.5. The molecule has 1 saturated carbocycles. The van der Waals surface area contributed by atoms with Crippen molar-refractivity contribution in [3.05, 3.63) is 36.0 Å². The van der Waals surface area contributed by atoms with E-state index in [0.29, 0.717) is 35.7 Å². The molecule has 170 valence electrons. The van der Waals surface area contributed by atoms with Gasteiger partial charge in [-0.2, -0.15) is 10.2 Å². The van der Waals surface area contributed by atoms with E-state index >= 15 is 0 Å². The van der Waals surface area contributed by atoms with Crippen LogP contribution in [0.15, 0.2) is 35.4 Å². The van der Waals surface area contributed by atoms with Crippen LogP contribution >= 0.6 is 0 Å². The Morgan fingerprint density at radius 3 is 2.56 bits per heavy atom. The van der Waals surface area contributed by atoms with Crippen LogP contribution in [0, 0.1) is 11.3 Å². The molecular formula is C22H28N6O3S. The third-order valence-corrected chi connectivity index (χ3v) is 7.24. The van der Waals surface area contributed by atoms with E-state index in [1.165, 1.54) is 37.6 Å². The van der Waals surface area contributed by atoms with Crippen molar-refractivity contribution in [3.63, 3.8) is 0 Å². The summed E-state index contributed by atoms with van der Waals surface area (Å²) in [4.78, 5) is 8.87. The average molecular weight is 457 g/mol. The van der Waals surface area contributed by atoms with Crippen molar-refractivity contribution in [1.29, 1.82) is 5.26 Å². The predicted octanol–water partition coefficient (Wildman–Crippen LogP) is 3.29. The molecule has 0 radical (unpaired) electrons. The van der Waals surface area contributed by atoms with E-state index in [0.717, 1.165) is 25.7 Å². The Kier molecular flexibility index (Phi) is 7.19. The second-order valence-corrected chi connectivity index (χ2v) is 9.95. The van der Waals surface area contributed by atoms with Crippen LogP contribution in [0.25, 0.3) is 0 Å². The van der Waals surface area contributed by atoms with Gasteiger partial charge < -0.3 is 15.4 Å². The van der Waals surface area contributed by atoms with Gasteiger partial charge in [0.2, 0.25) is 16.0 Å². The monoisotopic (exact) mass is 456 g/mol. The number of nitrogens with one attached hydrogen (secondary N) is 3. The van der Waals surface area contributed by atoms with Gasteiger partial charge >= 0.3 is 0 Å². The van der Waals surface area contributed by atoms with Crippen LogP contribution in [0.5, 0.6) is 0 Å². The topological polar surface area (TPSA) is 129 Å². The molecule has 3 N–H and O–H groups in total. The standard InChI is InChI=1S/C22H28N6O3S/c23-13-16-14-24-22(28-21(16)26-17-5-2-1-3-6-17)27-18-8-10-20(11-9-18)32(29,30)25-15-19-7-4-12-31-19/h8-11,14,17,19,25H,1-7,12,15H2,(H2,24,26,27,28). The number of benzene rings is 1. The van der Waals surface area contributed by atoms with Crippen molar-refractivity contribution in [2.24, 2.45) is 0 Å². The van der Waals surface area contributed by atoms with Gasteiger partial charge in [-0.25, -0.2) is 18.1 Å². The predicted molar refractivity (Wildman–Crippen MR) is 121 cm³/mol. The Labute approximate surface area is 188 Å². The van der Waals surface area contributed by atoms with Crippen LogP contribution in [0.4, 0.5) is 17.5 Å². The van der Waals surface area contributed by atoms with Crippen LogP contribution in [-0.4, -0.2) is 43.7 Å². The lowest BCUT2D eigenvalue weighted by molar-refractivity contribution is 0.114. The van der Waals surface area contributed by atoms with Gasteiger partial charge in [0, 0.05) is 24.9 Å². The molecule has 1 saturated heterocycles. The zero-order valence-corrected chi connectivity index (χ0v) is 18.7. The van der Waals surface area contributed by atoms with Gasteiger partial charge in [0.15, 0.2) is 0 Å². The van der Waals surface area contributed by atoms with Gasteiger partial charge in [0.1, 0.15) is 17.5 Å².